The highest BCUT2D eigenvalue weighted by Gasteiger charge is 2.40. The molecule has 0 radical (unpaired) electrons. The molecular weight excluding hydrogens is 234 g/mol. The molecule has 0 saturated carbocycles. The summed E-state index contributed by atoms with van der Waals surface area (Å²) in [5, 5.41) is 19.1. The first kappa shape index (κ1) is 12.7. The van der Waals surface area contributed by atoms with Gasteiger partial charge in [0, 0.05) is 18.3 Å². The van der Waals surface area contributed by atoms with Crippen LogP contribution < -0.4 is 9.64 Å². The van der Waals surface area contributed by atoms with Crippen molar-refractivity contribution >= 4 is 11.7 Å². The van der Waals surface area contributed by atoms with Crippen molar-refractivity contribution in [1.29, 1.82) is 0 Å². The molecule has 98 valence electrons. The van der Waals surface area contributed by atoms with E-state index in [1.165, 1.54) is 0 Å². The minimum absolute atomic E-state index is 0.107. The van der Waals surface area contributed by atoms with Crippen LogP contribution in [0.3, 0.4) is 0 Å². The number of carbonyl (C=O) groups is 1. The number of benzene rings is 1. The first-order valence-electron chi connectivity index (χ1n) is 5.90. The largest absolute Gasteiger partial charge is 0.497 e. The molecule has 0 amide bonds. The summed E-state index contributed by atoms with van der Waals surface area (Å²) in [4.78, 5) is 12.9. The van der Waals surface area contributed by atoms with Crippen molar-refractivity contribution in [3.05, 3.63) is 24.3 Å². The third-order valence-electron chi connectivity index (χ3n) is 3.29. The molecule has 1 fully saturated rings. The number of ether oxygens (including phenoxy) is 1. The number of hydrogen-bond acceptors (Lipinski definition) is 4. The Morgan fingerprint density at radius 3 is 2.94 bits per heavy atom. The molecule has 5 nitrogen and oxygen atoms in total. The minimum atomic E-state index is -1.65. The first-order valence-corrected chi connectivity index (χ1v) is 5.90. The Bertz CT molecular complexity index is 448. The van der Waals surface area contributed by atoms with Crippen LogP contribution in [0.2, 0.25) is 0 Å². The number of carboxylic acids is 1. The molecule has 0 bridgehead atoms. The topological polar surface area (TPSA) is 70.0 Å². The van der Waals surface area contributed by atoms with Crippen molar-refractivity contribution < 1.29 is 19.7 Å². The van der Waals surface area contributed by atoms with Crippen molar-refractivity contribution in [3.63, 3.8) is 0 Å². The zero-order valence-electron chi connectivity index (χ0n) is 10.3. The van der Waals surface area contributed by atoms with E-state index >= 15 is 0 Å². The summed E-state index contributed by atoms with van der Waals surface area (Å²) < 4.78 is 5.14. The van der Waals surface area contributed by atoms with Gasteiger partial charge in [-0.1, -0.05) is 6.07 Å². The highest BCUT2D eigenvalue weighted by atomic mass is 16.5. The Balaban J connectivity index is 2.20. The van der Waals surface area contributed by atoms with Gasteiger partial charge in [-0.25, -0.2) is 4.79 Å². The quantitative estimate of drug-likeness (QED) is 0.842. The van der Waals surface area contributed by atoms with Crippen LogP contribution in [0.15, 0.2) is 24.3 Å². The van der Waals surface area contributed by atoms with Crippen LogP contribution in [0.4, 0.5) is 5.69 Å². The molecule has 2 N–H and O–H groups in total. The summed E-state index contributed by atoms with van der Waals surface area (Å²) in [6.45, 7) is 0.845. The Morgan fingerprint density at radius 2 is 2.28 bits per heavy atom. The number of carboxylic acid groups (broad SMARTS) is 1. The lowest BCUT2D eigenvalue weighted by Crippen LogP contribution is -2.53. The second-order valence-electron chi connectivity index (χ2n) is 4.56. The summed E-state index contributed by atoms with van der Waals surface area (Å²) in [6, 6.07) is 7.41. The summed E-state index contributed by atoms with van der Waals surface area (Å²) in [5.41, 5.74) is -0.782. The maximum absolute atomic E-state index is 11.1. The molecule has 0 aromatic heterocycles. The normalized spacial score (nSPS) is 23.8. The maximum Gasteiger partial charge on any atom is 0.337 e. The Hall–Kier alpha value is -1.75. The third-order valence-corrected chi connectivity index (χ3v) is 3.29. The number of piperidine rings is 1. The van der Waals surface area contributed by atoms with Gasteiger partial charge >= 0.3 is 5.97 Å². The fraction of sp³-hybridized carbons (Fsp3) is 0.462. The van der Waals surface area contributed by atoms with Gasteiger partial charge in [0.15, 0.2) is 5.60 Å². The SMILES string of the molecule is COc1cccc(N2CCCC(O)(C(=O)O)C2)c1. The monoisotopic (exact) mass is 251 g/mol. The smallest absolute Gasteiger partial charge is 0.337 e. The zero-order chi connectivity index (χ0) is 13.2. The van der Waals surface area contributed by atoms with Gasteiger partial charge in [0.2, 0.25) is 0 Å². The predicted molar refractivity (Wildman–Crippen MR) is 67.0 cm³/mol. The van der Waals surface area contributed by atoms with Gasteiger partial charge in [0.1, 0.15) is 5.75 Å². The summed E-state index contributed by atoms with van der Waals surface area (Å²) in [6.07, 6.45) is 0.947. The molecule has 1 aliphatic rings. The molecule has 5 heteroatoms. The van der Waals surface area contributed by atoms with E-state index in [1.54, 1.807) is 7.11 Å². The Labute approximate surface area is 106 Å². The molecule has 1 unspecified atom stereocenters. The molecule has 18 heavy (non-hydrogen) atoms. The number of nitrogens with zero attached hydrogens (tertiary/aromatic N) is 1. The van der Waals surface area contributed by atoms with E-state index in [4.69, 9.17) is 9.84 Å². The van der Waals surface area contributed by atoms with Gasteiger partial charge in [0.05, 0.1) is 13.7 Å². The highest BCUT2D eigenvalue weighted by molar-refractivity contribution is 5.78. The van der Waals surface area contributed by atoms with Crippen molar-refractivity contribution in [2.24, 2.45) is 0 Å². The number of aliphatic hydroxyl groups is 1. The molecule has 0 spiro atoms. The van der Waals surface area contributed by atoms with E-state index in [0.717, 1.165) is 18.0 Å². The molecule has 1 aliphatic heterocycles. The lowest BCUT2D eigenvalue weighted by atomic mass is 9.92. The van der Waals surface area contributed by atoms with E-state index in [9.17, 15) is 9.90 Å². The van der Waals surface area contributed by atoms with Gasteiger partial charge in [-0.15, -0.1) is 0 Å². The van der Waals surface area contributed by atoms with Gasteiger partial charge < -0.3 is 19.8 Å². The van der Waals surface area contributed by atoms with E-state index in [0.29, 0.717) is 12.8 Å². The second-order valence-corrected chi connectivity index (χ2v) is 4.56. The number of hydrogen-bond donors (Lipinski definition) is 2. The van der Waals surface area contributed by atoms with E-state index in [1.807, 2.05) is 29.2 Å². The lowest BCUT2D eigenvalue weighted by molar-refractivity contribution is -0.159. The maximum atomic E-state index is 11.1. The van der Waals surface area contributed by atoms with E-state index < -0.39 is 11.6 Å². The van der Waals surface area contributed by atoms with Crippen LogP contribution in [0.1, 0.15) is 12.8 Å². The van der Waals surface area contributed by atoms with Crippen LogP contribution in [0.25, 0.3) is 0 Å². The molecule has 1 heterocycles. The number of β-amino-alcohol motifs (C(OH)–C–C–N with tert-alkyl or cyclic N) is 1. The first-order chi connectivity index (χ1) is 8.55. The molecule has 1 atom stereocenters. The standard InChI is InChI=1S/C13H17NO4/c1-18-11-5-2-4-10(8-11)14-7-3-6-13(17,9-14)12(15)16/h2,4-5,8,17H,3,6-7,9H2,1H3,(H,15,16). The second kappa shape index (κ2) is 4.86. The average molecular weight is 251 g/mol. The van der Waals surface area contributed by atoms with Crippen molar-refractivity contribution in [1.82, 2.24) is 0 Å². The van der Waals surface area contributed by atoms with Crippen LogP contribution in [-0.4, -0.2) is 42.0 Å². The van der Waals surface area contributed by atoms with Gasteiger partial charge in [-0.3, -0.25) is 0 Å². The fourth-order valence-electron chi connectivity index (χ4n) is 2.24. The molecular formula is C13H17NO4. The average Bonchev–Trinajstić information content (AvgIpc) is 2.39. The minimum Gasteiger partial charge on any atom is -0.497 e. The zero-order valence-corrected chi connectivity index (χ0v) is 10.3. The van der Waals surface area contributed by atoms with Crippen LogP contribution in [0, 0.1) is 0 Å². The van der Waals surface area contributed by atoms with Crippen molar-refractivity contribution in [2.75, 3.05) is 25.1 Å². The molecule has 1 aromatic rings. The molecule has 2 rings (SSSR count). The Kier molecular flexibility index (Phi) is 3.43. The number of anilines is 1. The summed E-state index contributed by atoms with van der Waals surface area (Å²) >= 11 is 0. The number of methoxy groups -OCH3 is 1. The van der Waals surface area contributed by atoms with Crippen molar-refractivity contribution in [3.8, 4) is 5.75 Å². The fourth-order valence-corrected chi connectivity index (χ4v) is 2.24. The third kappa shape index (κ3) is 2.41. The number of aliphatic carboxylic acids is 1. The van der Waals surface area contributed by atoms with Crippen LogP contribution in [-0.2, 0) is 4.79 Å². The van der Waals surface area contributed by atoms with E-state index in [2.05, 4.69) is 0 Å². The van der Waals surface area contributed by atoms with Crippen LogP contribution in [0.5, 0.6) is 5.75 Å². The summed E-state index contributed by atoms with van der Waals surface area (Å²) in [7, 11) is 1.59. The van der Waals surface area contributed by atoms with Crippen molar-refractivity contribution in [2.45, 2.75) is 18.4 Å². The van der Waals surface area contributed by atoms with Gasteiger partial charge in [-0.2, -0.15) is 0 Å². The van der Waals surface area contributed by atoms with Crippen LogP contribution >= 0.6 is 0 Å². The molecule has 1 saturated heterocycles. The number of rotatable bonds is 3. The van der Waals surface area contributed by atoms with Gasteiger partial charge in [-0.05, 0) is 25.0 Å². The lowest BCUT2D eigenvalue weighted by Gasteiger charge is -2.37. The summed E-state index contributed by atoms with van der Waals surface area (Å²) in [5.74, 6) is -0.438. The molecule has 1 aromatic carbocycles. The Morgan fingerprint density at radius 1 is 1.50 bits per heavy atom. The highest BCUT2D eigenvalue weighted by Crippen LogP contribution is 2.28. The predicted octanol–water partition coefficient (Wildman–Crippen LogP) is 1.11. The van der Waals surface area contributed by atoms with E-state index in [-0.39, 0.29) is 6.54 Å². The molecule has 0 aliphatic carbocycles. The van der Waals surface area contributed by atoms with Gasteiger partial charge in [0.25, 0.3) is 0 Å².